The van der Waals surface area contributed by atoms with E-state index in [1.54, 1.807) is 7.11 Å². The maximum absolute atomic E-state index is 13.0. The second-order valence-electron chi connectivity index (χ2n) is 6.99. The van der Waals surface area contributed by atoms with Crippen LogP contribution in [0.15, 0.2) is 42.7 Å². The third-order valence-corrected chi connectivity index (χ3v) is 5.23. The molecule has 1 atom stereocenters. The van der Waals surface area contributed by atoms with Crippen molar-refractivity contribution < 1.29 is 9.53 Å². The van der Waals surface area contributed by atoms with Crippen molar-refractivity contribution >= 4 is 22.8 Å². The smallest absolute Gasteiger partial charge is 0.227 e. The number of nitrogens with zero attached hydrogens (tertiary/aromatic N) is 4. The molecule has 0 spiro atoms. The standard InChI is InChI=1S/C21H23N5O2/c1-28-15-7-5-14(6-8-15)12-19(27)26-11-3-2-4-18(26)17-10-9-16-20(22)23-13-24-21(16)25-17/h5-10,13,18H,2-4,11-12H2,1H3,(H2,22,23,24,25)/t18-/m0/s1. The van der Waals surface area contributed by atoms with Gasteiger partial charge in [0, 0.05) is 6.54 Å². The van der Waals surface area contributed by atoms with Gasteiger partial charge in [0.25, 0.3) is 0 Å². The number of rotatable bonds is 4. The molecule has 1 aromatic carbocycles. The van der Waals surface area contributed by atoms with Gasteiger partial charge in [-0.1, -0.05) is 12.1 Å². The third-order valence-electron chi connectivity index (χ3n) is 5.23. The molecule has 2 N–H and O–H groups in total. The number of amides is 1. The lowest BCUT2D eigenvalue weighted by Gasteiger charge is -2.35. The molecule has 7 heteroatoms. The summed E-state index contributed by atoms with van der Waals surface area (Å²) in [7, 11) is 1.63. The van der Waals surface area contributed by atoms with Crippen molar-refractivity contribution in [2.45, 2.75) is 31.7 Å². The molecule has 4 rings (SSSR count). The van der Waals surface area contributed by atoms with Gasteiger partial charge in [-0.3, -0.25) is 4.79 Å². The van der Waals surface area contributed by atoms with Gasteiger partial charge in [-0.15, -0.1) is 0 Å². The van der Waals surface area contributed by atoms with Gasteiger partial charge in [0.2, 0.25) is 5.91 Å². The van der Waals surface area contributed by atoms with Crippen LogP contribution in [0.1, 0.15) is 36.6 Å². The van der Waals surface area contributed by atoms with Crippen LogP contribution in [-0.2, 0) is 11.2 Å². The molecule has 7 nitrogen and oxygen atoms in total. The van der Waals surface area contributed by atoms with Crippen LogP contribution < -0.4 is 10.5 Å². The second-order valence-corrected chi connectivity index (χ2v) is 6.99. The fraction of sp³-hybridized carbons (Fsp3) is 0.333. The SMILES string of the molecule is COc1ccc(CC(=O)N2CCCC[C@H]2c2ccc3c(N)ncnc3n2)cc1. The number of hydrogen-bond donors (Lipinski definition) is 1. The Morgan fingerprint density at radius 3 is 2.79 bits per heavy atom. The van der Waals surface area contributed by atoms with Crippen LogP contribution in [0.2, 0.25) is 0 Å². The average molecular weight is 377 g/mol. The van der Waals surface area contributed by atoms with Gasteiger partial charge in [-0.05, 0) is 49.1 Å². The van der Waals surface area contributed by atoms with Crippen molar-refractivity contribution in [1.29, 1.82) is 0 Å². The summed E-state index contributed by atoms with van der Waals surface area (Å²) in [6, 6.07) is 11.4. The van der Waals surface area contributed by atoms with Crippen molar-refractivity contribution in [1.82, 2.24) is 19.9 Å². The first-order valence-electron chi connectivity index (χ1n) is 9.45. The summed E-state index contributed by atoms with van der Waals surface area (Å²) in [5, 5.41) is 0.734. The number of likely N-dealkylation sites (tertiary alicyclic amines) is 1. The Hall–Kier alpha value is -3.22. The minimum absolute atomic E-state index is 0.0416. The van der Waals surface area contributed by atoms with Crippen molar-refractivity contribution in [3.63, 3.8) is 0 Å². The Labute approximate surface area is 163 Å². The molecule has 0 bridgehead atoms. The molecule has 0 unspecified atom stereocenters. The van der Waals surface area contributed by atoms with Crippen LogP contribution in [0.5, 0.6) is 5.75 Å². The fourth-order valence-corrected chi connectivity index (χ4v) is 3.72. The number of aromatic nitrogens is 3. The highest BCUT2D eigenvalue weighted by atomic mass is 16.5. The third kappa shape index (κ3) is 3.60. The first-order chi connectivity index (χ1) is 13.7. The molecule has 0 saturated carbocycles. The van der Waals surface area contributed by atoms with E-state index < -0.39 is 0 Å². The number of nitrogens with two attached hydrogens (primary N) is 1. The fourth-order valence-electron chi connectivity index (χ4n) is 3.72. The Morgan fingerprint density at radius 1 is 1.18 bits per heavy atom. The van der Waals surface area contributed by atoms with Crippen LogP contribution in [0.25, 0.3) is 11.0 Å². The number of methoxy groups -OCH3 is 1. The number of benzene rings is 1. The summed E-state index contributed by atoms with van der Waals surface area (Å²) in [5.74, 6) is 1.31. The van der Waals surface area contributed by atoms with Crippen LogP contribution in [-0.4, -0.2) is 39.4 Å². The number of nitrogen functional groups attached to an aromatic ring is 1. The number of carbonyl (C=O) groups is 1. The van der Waals surface area contributed by atoms with E-state index in [1.807, 2.05) is 41.3 Å². The molecule has 3 aromatic rings. The number of anilines is 1. The summed E-state index contributed by atoms with van der Waals surface area (Å²) in [6.45, 7) is 0.741. The minimum atomic E-state index is -0.0416. The topological polar surface area (TPSA) is 94.2 Å². The maximum Gasteiger partial charge on any atom is 0.227 e. The zero-order valence-corrected chi connectivity index (χ0v) is 15.8. The van der Waals surface area contributed by atoms with Crippen molar-refractivity contribution in [3.05, 3.63) is 54.0 Å². The Balaban J connectivity index is 1.57. The average Bonchev–Trinajstić information content (AvgIpc) is 2.74. The Morgan fingerprint density at radius 2 is 2.00 bits per heavy atom. The molecule has 1 amide bonds. The second kappa shape index (κ2) is 7.80. The highest BCUT2D eigenvalue weighted by Gasteiger charge is 2.29. The summed E-state index contributed by atoms with van der Waals surface area (Å²) < 4.78 is 5.19. The number of hydrogen-bond acceptors (Lipinski definition) is 6. The highest BCUT2D eigenvalue weighted by Crippen LogP contribution is 2.31. The van der Waals surface area contributed by atoms with Crippen LogP contribution in [0.3, 0.4) is 0 Å². The summed E-state index contributed by atoms with van der Waals surface area (Å²) in [6.07, 6.45) is 4.76. The Bertz CT molecular complexity index is 990. The largest absolute Gasteiger partial charge is 0.497 e. The molecule has 1 saturated heterocycles. The number of pyridine rings is 1. The normalized spacial score (nSPS) is 16.9. The summed E-state index contributed by atoms with van der Waals surface area (Å²) in [4.78, 5) is 27.9. The molecular weight excluding hydrogens is 354 g/mol. The van der Waals surface area contributed by atoms with Gasteiger partial charge in [0.15, 0.2) is 5.65 Å². The molecule has 1 aliphatic heterocycles. The molecule has 0 aliphatic carbocycles. The first kappa shape index (κ1) is 18.2. The van der Waals surface area contributed by atoms with Gasteiger partial charge in [-0.2, -0.15) is 0 Å². The summed E-state index contributed by atoms with van der Waals surface area (Å²) in [5.41, 5.74) is 8.30. The number of ether oxygens (including phenoxy) is 1. The summed E-state index contributed by atoms with van der Waals surface area (Å²) >= 11 is 0. The first-order valence-corrected chi connectivity index (χ1v) is 9.45. The molecule has 1 aliphatic rings. The molecule has 2 aromatic heterocycles. The monoisotopic (exact) mass is 377 g/mol. The molecule has 0 radical (unpaired) electrons. The maximum atomic E-state index is 13.0. The predicted molar refractivity (Wildman–Crippen MR) is 107 cm³/mol. The van der Waals surface area contributed by atoms with Gasteiger partial charge < -0.3 is 15.4 Å². The highest BCUT2D eigenvalue weighted by molar-refractivity contribution is 5.85. The van der Waals surface area contributed by atoms with Crippen LogP contribution in [0.4, 0.5) is 5.82 Å². The number of carbonyl (C=O) groups excluding carboxylic acids is 1. The van der Waals surface area contributed by atoms with E-state index in [1.165, 1.54) is 6.33 Å². The van der Waals surface area contributed by atoms with E-state index in [-0.39, 0.29) is 11.9 Å². The molecule has 1 fully saturated rings. The lowest BCUT2D eigenvalue weighted by Crippen LogP contribution is -2.39. The Kier molecular flexibility index (Phi) is 5.06. The predicted octanol–water partition coefficient (Wildman–Crippen LogP) is 2.91. The van der Waals surface area contributed by atoms with E-state index in [4.69, 9.17) is 10.5 Å². The van der Waals surface area contributed by atoms with Crippen molar-refractivity contribution in [3.8, 4) is 5.75 Å². The van der Waals surface area contributed by atoms with Crippen LogP contribution >= 0.6 is 0 Å². The molecule has 28 heavy (non-hydrogen) atoms. The van der Waals surface area contributed by atoms with E-state index in [9.17, 15) is 4.79 Å². The minimum Gasteiger partial charge on any atom is -0.497 e. The van der Waals surface area contributed by atoms with E-state index in [2.05, 4.69) is 15.0 Å². The lowest BCUT2D eigenvalue weighted by atomic mass is 9.97. The van der Waals surface area contributed by atoms with Gasteiger partial charge in [0.05, 0.1) is 30.7 Å². The number of fused-ring (bicyclic) bond motifs is 1. The molecule has 3 heterocycles. The molecular formula is C21H23N5O2. The van der Waals surface area contributed by atoms with Crippen LogP contribution in [0, 0.1) is 0 Å². The zero-order chi connectivity index (χ0) is 19.5. The van der Waals surface area contributed by atoms with E-state index in [0.717, 1.165) is 48.2 Å². The van der Waals surface area contributed by atoms with Crippen molar-refractivity contribution in [2.24, 2.45) is 0 Å². The van der Waals surface area contributed by atoms with Gasteiger partial charge in [-0.25, -0.2) is 15.0 Å². The zero-order valence-electron chi connectivity index (χ0n) is 15.8. The van der Waals surface area contributed by atoms with E-state index in [0.29, 0.717) is 17.9 Å². The van der Waals surface area contributed by atoms with Gasteiger partial charge in [0.1, 0.15) is 17.9 Å². The number of piperidine rings is 1. The molecule has 144 valence electrons. The quantitative estimate of drug-likeness (QED) is 0.751. The van der Waals surface area contributed by atoms with E-state index >= 15 is 0 Å². The van der Waals surface area contributed by atoms with Crippen molar-refractivity contribution in [2.75, 3.05) is 19.4 Å². The lowest BCUT2D eigenvalue weighted by molar-refractivity contribution is -0.134. The van der Waals surface area contributed by atoms with Gasteiger partial charge >= 0.3 is 0 Å².